The molecule has 5 nitrogen and oxygen atoms in total. The molecule has 0 aromatic heterocycles. The molecular weight excluding hydrogens is 348 g/mol. The molecule has 0 unspecified atom stereocenters. The van der Waals surface area contributed by atoms with Gasteiger partial charge < -0.3 is 14.8 Å². The van der Waals surface area contributed by atoms with Gasteiger partial charge >= 0.3 is 0 Å². The number of benzene rings is 2. The molecule has 2 aromatic rings. The molecule has 2 rings (SSSR count). The molecule has 0 atom stereocenters. The molecule has 0 heterocycles. The summed E-state index contributed by atoms with van der Waals surface area (Å²) in [4.78, 5) is 13.2. The van der Waals surface area contributed by atoms with Crippen molar-refractivity contribution in [2.45, 2.75) is 11.3 Å². The van der Waals surface area contributed by atoms with Crippen molar-refractivity contribution in [3.8, 4) is 17.6 Å². The maximum atomic E-state index is 12.3. The predicted octanol–water partition coefficient (Wildman–Crippen LogP) is 4.36. The summed E-state index contributed by atoms with van der Waals surface area (Å²) in [5.41, 5.74) is 1.51. The maximum absolute atomic E-state index is 12.3. The number of nitriles is 1. The number of carbonyl (C=O) groups excluding carboxylic acids is 1. The van der Waals surface area contributed by atoms with Crippen LogP contribution in [0.2, 0.25) is 0 Å². The van der Waals surface area contributed by atoms with Crippen molar-refractivity contribution in [2.75, 3.05) is 25.3 Å². The van der Waals surface area contributed by atoms with E-state index in [2.05, 4.69) is 11.4 Å². The van der Waals surface area contributed by atoms with Crippen LogP contribution in [0.1, 0.15) is 12.0 Å². The van der Waals surface area contributed by atoms with Gasteiger partial charge in [0.1, 0.15) is 11.5 Å². The highest BCUT2D eigenvalue weighted by Gasteiger charge is 2.06. The lowest BCUT2D eigenvalue weighted by Gasteiger charge is -2.09. The first-order valence-electron chi connectivity index (χ1n) is 7.97. The Labute approximate surface area is 157 Å². The molecule has 1 amide bonds. The molecule has 0 saturated carbocycles. The minimum Gasteiger partial charge on any atom is -0.497 e. The zero-order valence-corrected chi connectivity index (χ0v) is 15.5. The normalized spacial score (nSPS) is 10.3. The number of nitrogens with one attached hydrogen (secondary N) is 1. The summed E-state index contributed by atoms with van der Waals surface area (Å²) in [7, 11) is 3.16. The minimum absolute atomic E-state index is 0.240. The van der Waals surface area contributed by atoms with Gasteiger partial charge in [-0.3, -0.25) is 4.79 Å². The topological polar surface area (TPSA) is 71.3 Å². The van der Waals surface area contributed by atoms with Gasteiger partial charge in [0, 0.05) is 34.8 Å². The van der Waals surface area contributed by atoms with Gasteiger partial charge in [-0.1, -0.05) is 12.1 Å². The Hall–Kier alpha value is -2.91. The summed E-state index contributed by atoms with van der Waals surface area (Å²) in [5, 5.41) is 11.5. The number of rotatable bonds is 8. The summed E-state index contributed by atoms with van der Waals surface area (Å²) in [6.45, 7) is 0. The molecule has 134 valence electrons. The molecule has 0 spiro atoms. The van der Waals surface area contributed by atoms with E-state index in [1.54, 1.807) is 44.2 Å². The Morgan fingerprint density at radius 1 is 1.23 bits per heavy atom. The Morgan fingerprint density at radius 3 is 2.77 bits per heavy atom. The van der Waals surface area contributed by atoms with Crippen LogP contribution in [0.15, 0.2) is 53.4 Å². The average Bonchev–Trinajstić information content (AvgIpc) is 2.67. The van der Waals surface area contributed by atoms with E-state index >= 15 is 0 Å². The summed E-state index contributed by atoms with van der Waals surface area (Å²) in [6, 6.07) is 15.0. The molecular formula is C20H20N2O3S. The number of thioether (sulfide) groups is 1. The highest BCUT2D eigenvalue weighted by atomic mass is 32.2. The number of para-hydroxylation sites is 1. The van der Waals surface area contributed by atoms with Crippen LogP contribution < -0.4 is 14.8 Å². The zero-order valence-electron chi connectivity index (χ0n) is 14.7. The lowest BCUT2D eigenvalue weighted by molar-refractivity contribution is -0.111. The van der Waals surface area contributed by atoms with E-state index < -0.39 is 0 Å². The molecule has 0 radical (unpaired) electrons. The van der Waals surface area contributed by atoms with Gasteiger partial charge in [-0.25, -0.2) is 0 Å². The summed E-state index contributed by atoms with van der Waals surface area (Å²) < 4.78 is 10.5. The summed E-state index contributed by atoms with van der Waals surface area (Å²) in [5.74, 6) is 1.76. The SMILES string of the molecule is COc1ccc(/C=C/C(=O)Nc2ccccc2SCCC#N)c(OC)c1. The first-order chi connectivity index (χ1) is 12.7. The van der Waals surface area contributed by atoms with Crippen LogP contribution in [0.5, 0.6) is 11.5 Å². The molecule has 0 aliphatic rings. The molecule has 1 N–H and O–H groups in total. The van der Waals surface area contributed by atoms with Gasteiger partial charge in [0.2, 0.25) is 5.91 Å². The van der Waals surface area contributed by atoms with Gasteiger partial charge in [0.25, 0.3) is 0 Å². The largest absolute Gasteiger partial charge is 0.497 e. The first-order valence-corrected chi connectivity index (χ1v) is 8.96. The van der Waals surface area contributed by atoms with Crippen LogP contribution in [0.3, 0.4) is 0 Å². The molecule has 6 heteroatoms. The number of nitrogens with zero attached hydrogens (tertiary/aromatic N) is 1. The Balaban J connectivity index is 2.07. The lowest BCUT2D eigenvalue weighted by Crippen LogP contribution is -2.08. The van der Waals surface area contributed by atoms with Crippen molar-refractivity contribution in [1.29, 1.82) is 5.26 Å². The van der Waals surface area contributed by atoms with Crippen LogP contribution in [0.25, 0.3) is 6.08 Å². The molecule has 0 fully saturated rings. The number of hydrogen-bond acceptors (Lipinski definition) is 5. The van der Waals surface area contributed by atoms with Gasteiger partial charge in [-0.2, -0.15) is 5.26 Å². The fourth-order valence-corrected chi connectivity index (χ4v) is 3.06. The van der Waals surface area contributed by atoms with Crippen molar-refractivity contribution in [1.82, 2.24) is 0 Å². The number of methoxy groups -OCH3 is 2. The lowest BCUT2D eigenvalue weighted by atomic mass is 10.1. The van der Waals surface area contributed by atoms with Crippen LogP contribution >= 0.6 is 11.8 Å². The number of carbonyl (C=O) groups is 1. The summed E-state index contributed by atoms with van der Waals surface area (Å²) >= 11 is 1.54. The molecule has 0 aliphatic heterocycles. The highest BCUT2D eigenvalue weighted by Crippen LogP contribution is 2.28. The molecule has 0 aliphatic carbocycles. The van der Waals surface area contributed by atoms with Crippen LogP contribution in [-0.4, -0.2) is 25.9 Å². The van der Waals surface area contributed by atoms with Gasteiger partial charge in [0.15, 0.2) is 0 Å². The molecule has 0 saturated heterocycles. The second kappa shape index (κ2) is 10.2. The van der Waals surface area contributed by atoms with Gasteiger partial charge in [-0.15, -0.1) is 11.8 Å². The predicted molar refractivity (Wildman–Crippen MR) is 105 cm³/mol. The van der Waals surface area contributed by atoms with Crippen molar-refractivity contribution in [2.24, 2.45) is 0 Å². The number of hydrogen-bond donors (Lipinski definition) is 1. The van der Waals surface area contributed by atoms with Gasteiger partial charge in [0.05, 0.1) is 26.0 Å². The van der Waals surface area contributed by atoms with E-state index in [-0.39, 0.29) is 5.91 Å². The number of ether oxygens (including phenoxy) is 2. The van der Waals surface area contributed by atoms with Crippen LogP contribution in [0.4, 0.5) is 5.69 Å². The Kier molecular flexibility index (Phi) is 7.59. The second-order valence-electron chi connectivity index (χ2n) is 5.18. The van der Waals surface area contributed by atoms with Crippen LogP contribution in [-0.2, 0) is 4.79 Å². The average molecular weight is 368 g/mol. The fraction of sp³-hybridized carbons (Fsp3) is 0.200. The maximum Gasteiger partial charge on any atom is 0.248 e. The monoisotopic (exact) mass is 368 g/mol. The Morgan fingerprint density at radius 2 is 2.04 bits per heavy atom. The van der Waals surface area contributed by atoms with E-state index in [0.717, 1.165) is 16.1 Å². The smallest absolute Gasteiger partial charge is 0.248 e. The van der Waals surface area contributed by atoms with Crippen molar-refractivity contribution in [3.05, 3.63) is 54.1 Å². The van der Waals surface area contributed by atoms with Crippen molar-refractivity contribution >= 4 is 29.4 Å². The first kappa shape index (κ1) is 19.4. The third kappa shape index (κ3) is 5.57. The zero-order chi connectivity index (χ0) is 18.8. The molecule has 2 aromatic carbocycles. The van der Waals surface area contributed by atoms with E-state index in [1.165, 1.54) is 6.08 Å². The van der Waals surface area contributed by atoms with E-state index in [1.807, 2.05) is 30.3 Å². The number of anilines is 1. The standard InChI is InChI=1S/C20H20N2O3S/c1-24-16-10-8-15(18(14-16)25-2)9-11-20(23)22-17-6-3-4-7-19(17)26-13-5-12-21/h3-4,6-11,14H,5,13H2,1-2H3,(H,22,23)/b11-9+. The second-order valence-corrected chi connectivity index (χ2v) is 6.32. The van der Waals surface area contributed by atoms with Crippen molar-refractivity contribution < 1.29 is 14.3 Å². The van der Waals surface area contributed by atoms with Gasteiger partial charge in [-0.05, 0) is 30.3 Å². The van der Waals surface area contributed by atoms with E-state index in [9.17, 15) is 4.79 Å². The minimum atomic E-state index is -0.240. The third-order valence-electron chi connectivity index (χ3n) is 3.47. The van der Waals surface area contributed by atoms with Crippen molar-refractivity contribution in [3.63, 3.8) is 0 Å². The number of amides is 1. The molecule has 26 heavy (non-hydrogen) atoms. The highest BCUT2D eigenvalue weighted by molar-refractivity contribution is 7.99. The fourth-order valence-electron chi connectivity index (χ4n) is 2.20. The van der Waals surface area contributed by atoms with E-state index in [0.29, 0.717) is 23.7 Å². The summed E-state index contributed by atoms with van der Waals surface area (Å²) in [6.07, 6.45) is 3.62. The molecule has 0 bridgehead atoms. The van der Waals surface area contributed by atoms with E-state index in [4.69, 9.17) is 14.7 Å². The quantitative estimate of drug-likeness (QED) is 0.426. The third-order valence-corrected chi connectivity index (χ3v) is 4.55. The van der Waals surface area contributed by atoms with Crippen LogP contribution in [0, 0.1) is 11.3 Å². The Bertz CT molecular complexity index is 828.